The Kier molecular flexibility index (Phi) is 7.12. The van der Waals surface area contributed by atoms with Gasteiger partial charge in [-0.05, 0) is 60.9 Å². The van der Waals surface area contributed by atoms with E-state index in [9.17, 15) is 4.79 Å². The van der Waals surface area contributed by atoms with Crippen LogP contribution in [0.15, 0.2) is 42.7 Å². The zero-order valence-corrected chi connectivity index (χ0v) is 16.7. The maximum atomic E-state index is 12.4. The second-order valence-corrected chi connectivity index (χ2v) is 7.17. The van der Waals surface area contributed by atoms with E-state index in [0.717, 1.165) is 44.3 Å². The summed E-state index contributed by atoms with van der Waals surface area (Å²) < 4.78 is 10.6. The van der Waals surface area contributed by atoms with Crippen molar-refractivity contribution in [1.29, 1.82) is 0 Å². The SMILES string of the molecule is COc1ccc(CCNC(=O)N2CCC(Cc3cccnc3)CC2)cc1OC. The molecule has 3 rings (SSSR count). The molecule has 1 fully saturated rings. The van der Waals surface area contributed by atoms with Crippen molar-refractivity contribution in [2.24, 2.45) is 5.92 Å². The van der Waals surface area contributed by atoms with Gasteiger partial charge >= 0.3 is 6.03 Å². The number of amides is 2. The van der Waals surface area contributed by atoms with Crippen molar-refractivity contribution in [3.05, 3.63) is 53.9 Å². The van der Waals surface area contributed by atoms with Gasteiger partial charge in [-0.25, -0.2) is 4.79 Å². The predicted molar refractivity (Wildman–Crippen MR) is 109 cm³/mol. The van der Waals surface area contributed by atoms with E-state index >= 15 is 0 Å². The summed E-state index contributed by atoms with van der Waals surface area (Å²) in [5.74, 6) is 2.05. The third-order valence-corrected chi connectivity index (χ3v) is 5.29. The number of urea groups is 1. The lowest BCUT2D eigenvalue weighted by Crippen LogP contribution is -2.45. The molecule has 1 aromatic heterocycles. The fourth-order valence-corrected chi connectivity index (χ4v) is 3.65. The highest BCUT2D eigenvalue weighted by molar-refractivity contribution is 5.74. The first kappa shape index (κ1) is 20.0. The maximum Gasteiger partial charge on any atom is 0.317 e. The number of rotatable bonds is 7. The van der Waals surface area contributed by atoms with Crippen LogP contribution in [0.4, 0.5) is 4.79 Å². The molecule has 0 radical (unpaired) electrons. The van der Waals surface area contributed by atoms with Crippen molar-refractivity contribution in [3.8, 4) is 11.5 Å². The fourth-order valence-electron chi connectivity index (χ4n) is 3.65. The number of hydrogen-bond donors (Lipinski definition) is 1. The standard InChI is InChI=1S/C22H29N3O3/c1-27-20-6-5-17(15-21(20)28-2)7-11-24-22(26)25-12-8-18(9-13-25)14-19-4-3-10-23-16-19/h3-6,10,15-16,18H,7-9,11-14H2,1-2H3,(H,24,26). The van der Waals surface area contributed by atoms with Crippen molar-refractivity contribution in [3.63, 3.8) is 0 Å². The molecule has 0 aliphatic carbocycles. The van der Waals surface area contributed by atoms with Crippen molar-refractivity contribution >= 4 is 6.03 Å². The lowest BCUT2D eigenvalue weighted by molar-refractivity contribution is 0.170. The Hall–Kier alpha value is -2.76. The minimum absolute atomic E-state index is 0.0281. The normalized spacial score (nSPS) is 14.6. The Morgan fingerprint density at radius 1 is 1.14 bits per heavy atom. The predicted octanol–water partition coefficient (Wildman–Crippen LogP) is 3.31. The second-order valence-electron chi connectivity index (χ2n) is 7.17. The smallest absolute Gasteiger partial charge is 0.317 e. The van der Waals surface area contributed by atoms with E-state index < -0.39 is 0 Å². The zero-order chi connectivity index (χ0) is 19.8. The van der Waals surface area contributed by atoms with Crippen LogP contribution >= 0.6 is 0 Å². The Morgan fingerprint density at radius 3 is 2.61 bits per heavy atom. The van der Waals surface area contributed by atoms with Crippen LogP contribution in [0.1, 0.15) is 24.0 Å². The van der Waals surface area contributed by atoms with E-state index in [0.29, 0.717) is 24.0 Å². The van der Waals surface area contributed by atoms with Crippen LogP contribution in [0.3, 0.4) is 0 Å². The third kappa shape index (κ3) is 5.38. The molecule has 0 bridgehead atoms. The highest BCUT2D eigenvalue weighted by Gasteiger charge is 2.22. The summed E-state index contributed by atoms with van der Waals surface area (Å²) in [6, 6.07) is 9.98. The summed E-state index contributed by atoms with van der Waals surface area (Å²) in [6.07, 6.45) is 7.62. The first-order valence-electron chi connectivity index (χ1n) is 9.82. The average molecular weight is 383 g/mol. The lowest BCUT2D eigenvalue weighted by Gasteiger charge is -2.32. The number of carbonyl (C=O) groups is 1. The number of carbonyl (C=O) groups excluding carboxylic acids is 1. The highest BCUT2D eigenvalue weighted by Crippen LogP contribution is 2.27. The summed E-state index contributed by atoms with van der Waals surface area (Å²) in [6.45, 7) is 2.23. The molecule has 1 aromatic carbocycles. The minimum atomic E-state index is 0.0281. The molecule has 150 valence electrons. The topological polar surface area (TPSA) is 63.7 Å². The van der Waals surface area contributed by atoms with Gasteiger partial charge in [0.1, 0.15) is 0 Å². The maximum absolute atomic E-state index is 12.4. The molecular formula is C22H29N3O3. The van der Waals surface area contributed by atoms with Gasteiger partial charge in [-0.1, -0.05) is 12.1 Å². The molecule has 0 atom stereocenters. The van der Waals surface area contributed by atoms with Crippen LogP contribution in [0.2, 0.25) is 0 Å². The molecule has 1 aliphatic rings. The van der Waals surface area contributed by atoms with Crippen molar-refractivity contribution in [2.75, 3.05) is 33.9 Å². The summed E-state index contributed by atoms with van der Waals surface area (Å²) in [4.78, 5) is 18.5. The Morgan fingerprint density at radius 2 is 1.93 bits per heavy atom. The summed E-state index contributed by atoms with van der Waals surface area (Å²) in [7, 11) is 3.25. The van der Waals surface area contributed by atoms with Gasteiger partial charge in [-0.2, -0.15) is 0 Å². The summed E-state index contributed by atoms with van der Waals surface area (Å²) >= 11 is 0. The molecule has 6 heteroatoms. The van der Waals surface area contributed by atoms with Crippen LogP contribution in [-0.4, -0.2) is 49.8 Å². The minimum Gasteiger partial charge on any atom is -0.493 e. The number of pyridine rings is 1. The van der Waals surface area contributed by atoms with Crippen LogP contribution < -0.4 is 14.8 Å². The number of benzene rings is 1. The molecule has 1 aliphatic heterocycles. The number of nitrogens with zero attached hydrogens (tertiary/aromatic N) is 2. The van der Waals surface area contributed by atoms with Crippen molar-refractivity contribution < 1.29 is 14.3 Å². The highest BCUT2D eigenvalue weighted by atomic mass is 16.5. The molecule has 2 aromatic rings. The van der Waals surface area contributed by atoms with Crippen molar-refractivity contribution in [1.82, 2.24) is 15.2 Å². The molecule has 1 saturated heterocycles. The lowest BCUT2D eigenvalue weighted by atomic mass is 9.91. The Labute approximate surface area is 166 Å². The van der Waals surface area contributed by atoms with Gasteiger partial charge in [0.2, 0.25) is 0 Å². The van der Waals surface area contributed by atoms with Gasteiger partial charge in [0, 0.05) is 32.0 Å². The van der Waals surface area contributed by atoms with Gasteiger partial charge in [0.15, 0.2) is 11.5 Å². The van der Waals surface area contributed by atoms with Gasteiger partial charge in [-0.15, -0.1) is 0 Å². The first-order valence-corrected chi connectivity index (χ1v) is 9.82. The van der Waals surface area contributed by atoms with Crippen molar-refractivity contribution in [2.45, 2.75) is 25.7 Å². The average Bonchev–Trinajstić information content (AvgIpc) is 2.74. The number of aromatic nitrogens is 1. The van der Waals surface area contributed by atoms with E-state index in [4.69, 9.17) is 9.47 Å². The second kappa shape index (κ2) is 9.97. The van der Waals surface area contributed by atoms with E-state index in [-0.39, 0.29) is 6.03 Å². The molecular weight excluding hydrogens is 354 g/mol. The largest absolute Gasteiger partial charge is 0.493 e. The third-order valence-electron chi connectivity index (χ3n) is 5.29. The van der Waals surface area contributed by atoms with E-state index in [1.807, 2.05) is 35.4 Å². The molecule has 1 N–H and O–H groups in total. The summed E-state index contributed by atoms with van der Waals surface area (Å²) in [5, 5.41) is 3.04. The van der Waals surface area contributed by atoms with Gasteiger partial charge in [-0.3, -0.25) is 4.98 Å². The van der Waals surface area contributed by atoms with E-state index in [1.165, 1.54) is 5.56 Å². The number of ether oxygens (including phenoxy) is 2. The number of hydrogen-bond acceptors (Lipinski definition) is 4. The van der Waals surface area contributed by atoms with E-state index in [2.05, 4.69) is 16.4 Å². The quantitative estimate of drug-likeness (QED) is 0.797. The Balaban J connectivity index is 1.40. The van der Waals surface area contributed by atoms with Crippen LogP contribution in [-0.2, 0) is 12.8 Å². The number of methoxy groups -OCH3 is 2. The Bertz CT molecular complexity index is 759. The molecule has 6 nitrogen and oxygen atoms in total. The fraction of sp³-hybridized carbons (Fsp3) is 0.455. The van der Waals surface area contributed by atoms with Crippen LogP contribution in [0, 0.1) is 5.92 Å². The summed E-state index contributed by atoms with van der Waals surface area (Å²) in [5.41, 5.74) is 2.38. The monoisotopic (exact) mass is 383 g/mol. The molecule has 0 spiro atoms. The molecule has 28 heavy (non-hydrogen) atoms. The molecule has 0 saturated carbocycles. The number of piperidine rings is 1. The van der Waals surface area contributed by atoms with Crippen LogP contribution in [0.25, 0.3) is 0 Å². The van der Waals surface area contributed by atoms with E-state index in [1.54, 1.807) is 20.4 Å². The number of nitrogens with one attached hydrogen (secondary N) is 1. The molecule has 2 heterocycles. The van der Waals surface area contributed by atoms with Gasteiger partial charge < -0.3 is 19.7 Å². The van der Waals surface area contributed by atoms with Gasteiger partial charge in [0.25, 0.3) is 0 Å². The zero-order valence-electron chi connectivity index (χ0n) is 16.7. The first-order chi connectivity index (χ1) is 13.7. The molecule has 2 amide bonds. The molecule has 0 unspecified atom stereocenters. The van der Waals surface area contributed by atoms with Crippen LogP contribution in [0.5, 0.6) is 11.5 Å². The number of likely N-dealkylation sites (tertiary alicyclic amines) is 1. The van der Waals surface area contributed by atoms with Gasteiger partial charge in [0.05, 0.1) is 14.2 Å².